The molecule has 2 rings (SSSR count). The van der Waals surface area contributed by atoms with E-state index in [0.717, 1.165) is 17.7 Å². The predicted molar refractivity (Wildman–Crippen MR) is 89.7 cm³/mol. The summed E-state index contributed by atoms with van der Waals surface area (Å²) in [5.74, 6) is -0.273. The van der Waals surface area contributed by atoms with Crippen LogP contribution in [0.4, 0.5) is 5.69 Å². The molecule has 0 aliphatic heterocycles. The van der Waals surface area contributed by atoms with Gasteiger partial charge in [0.05, 0.1) is 5.69 Å². The van der Waals surface area contributed by atoms with Crippen molar-refractivity contribution in [1.29, 1.82) is 0 Å². The van der Waals surface area contributed by atoms with Gasteiger partial charge in [0.25, 0.3) is 11.8 Å². The first-order chi connectivity index (χ1) is 10.8. The molecule has 0 spiro atoms. The van der Waals surface area contributed by atoms with Crippen LogP contribution >= 0.6 is 0 Å². The molecule has 1 aromatic heterocycles. The van der Waals surface area contributed by atoms with Gasteiger partial charge in [-0.15, -0.1) is 0 Å². The lowest BCUT2D eigenvalue weighted by Crippen LogP contribution is -2.22. The molecule has 0 saturated carbocycles. The summed E-state index contributed by atoms with van der Waals surface area (Å²) in [6.07, 6.45) is 0.779. The van der Waals surface area contributed by atoms with Gasteiger partial charge in [0, 0.05) is 32.4 Å². The highest BCUT2D eigenvalue weighted by Gasteiger charge is 2.15. The molecule has 23 heavy (non-hydrogen) atoms. The van der Waals surface area contributed by atoms with Crippen LogP contribution in [0, 0.1) is 6.92 Å². The van der Waals surface area contributed by atoms with Crippen LogP contribution in [0.3, 0.4) is 0 Å². The number of aryl methyl sites for hydroxylation is 3. The van der Waals surface area contributed by atoms with E-state index in [1.54, 1.807) is 50.1 Å². The van der Waals surface area contributed by atoms with E-state index < -0.39 is 0 Å². The van der Waals surface area contributed by atoms with E-state index in [0.29, 0.717) is 16.9 Å². The van der Waals surface area contributed by atoms with E-state index in [1.165, 1.54) is 4.90 Å². The van der Waals surface area contributed by atoms with E-state index in [2.05, 4.69) is 10.4 Å². The highest BCUT2D eigenvalue weighted by Crippen LogP contribution is 2.17. The van der Waals surface area contributed by atoms with Crippen molar-refractivity contribution in [2.75, 3.05) is 19.4 Å². The standard InChI is InChI=1S/C17H22N4O2/c1-6-12-10-15(21(5)19-12)16(22)18-13-7-8-14(11(2)9-13)17(23)20(3)4/h7-10H,6H2,1-5H3,(H,18,22). The van der Waals surface area contributed by atoms with Gasteiger partial charge in [-0.2, -0.15) is 5.10 Å². The van der Waals surface area contributed by atoms with Gasteiger partial charge in [-0.3, -0.25) is 14.3 Å². The summed E-state index contributed by atoms with van der Waals surface area (Å²) in [6, 6.07) is 7.05. The van der Waals surface area contributed by atoms with E-state index in [1.807, 2.05) is 13.8 Å². The molecule has 2 amide bonds. The number of nitrogens with one attached hydrogen (secondary N) is 1. The van der Waals surface area contributed by atoms with Crippen molar-refractivity contribution in [3.05, 3.63) is 46.8 Å². The Morgan fingerprint density at radius 3 is 2.48 bits per heavy atom. The number of hydrogen-bond acceptors (Lipinski definition) is 3. The van der Waals surface area contributed by atoms with Gasteiger partial charge in [0.2, 0.25) is 0 Å². The van der Waals surface area contributed by atoms with Crippen molar-refractivity contribution < 1.29 is 9.59 Å². The summed E-state index contributed by atoms with van der Waals surface area (Å²) < 4.78 is 1.57. The first-order valence-corrected chi connectivity index (χ1v) is 7.50. The molecule has 1 heterocycles. The summed E-state index contributed by atoms with van der Waals surface area (Å²) in [6.45, 7) is 3.85. The van der Waals surface area contributed by atoms with Crippen molar-refractivity contribution in [2.45, 2.75) is 20.3 Å². The number of anilines is 1. The van der Waals surface area contributed by atoms with Gasteiger partial charge in [0.1, 0.15) is 5.69 Å². The Balaban J connectivity index is 2.20. The van der Waals surface area contributed by atoms with Gasteiger partial charge in [-0.1, -0.05) is 6.92 Å². The maximum absolute atomic E-state index is 12.4. The largest absolute Gasteiger partial charge is 0.345 e. The molecular weight excluding hydrogens is 292 g/mol. The maximum Gasteiger partial charge on any atom is 0.273 e. The van der Waals surface area contributed by atoms with Gasteiger partial charge < -0.3 is 10.2 Å². The Kier molecular flexibility index (Phi) is 4.83. The van der Waals surface area contributed by atoms with Gasteiger partial charge in [0.15, 0.2) is 0 Å². The van der Waals surface area contributed by atoms with E-state index in [-0.39, 0.29) is 11.8 Å². The molecule has 6 nitrogen and oxygen atoms in total. The van der Waals surface area contributed by atoms with Crippen LogP contribution in [0.1, 0.15) is 39.0 Å². The maximum atomic E-state index is 12.4. The fourth-order valence-corrected chi connectivity index (χ4v) is 2.33. The summed E-state index contributed by atoms with van der Waals surface area (Å²) in [4.78, 5) is 25.9. The molecule has 0 saturated heterocycles. The van der Waals surface area contributed by atoms with Gasteiger partial charge in [-0.05, 0) is 43.2 Å². The van der Waals surface area contributed by atoms with Gasteiger partial charge >= 0.3 is 0 Å². The molecule has 1 aromatic carbocycles. The summed E-state index contributed by atoms with van der Waals surface area (Å²) in [7, 11) is 5.18. The Labute approximate surface area is 136 Å². The lowest BCUT2D eigenvalue weighted by molar-refractivity contribution is 0.0826. The minimum Gasteiger partial charge on any atom is -0.345 e. The van der Waals surface area contributed by atoms with Crippen LogP contribution in [0.15, 0.2) is 24.3 Å². The average Bonchev–Trinajstić information content (AvgIpc) is 2.88. The molecule has 0 fully saturated rings. The van der Waals surface area contributed by atoms with E-state index >= 15 is 0 Å². The van der Waals surface area contributed by atoms with Crippen molar-refractivity contribution in [3.63, 3.8) is 0 Å². The van der Waals surface area contributed by atoms with E-state index in [4.69, 9.17) is 0 Å². The molecule has 2 aromatic rings. The molecule has 122 valence electrons. The quantitative estimate of drug-likeness (QED) is 0.941. The Hall–Kier alpha value is -2.63. The molecule has 0 unspecified atom stereocenters. The molecule has 0 radical (unpaired) electrons. The predicted octanol–water partition coefficient (Wildman–Crippen LogP) is 2.25. The van der Waals surface area contributed by atoms with Crippen molar-refractivity contribution in [2.24, 2.45) is 7.05 Å². The highest BCUT2D eigenvalue weighted by atomic mass is 16.2. The lowest BCUT2D eigenvalue weighted by Gasteiger charge is -2.13. The molecule has 1 N–H and O–H groups in total. The third kappa shape index (κ3) is 3.59. The highest BCUT2D eigenvalue weighted by molar-refractivity contribution is 6.03. The summed E-state index contributed by atoms with van der Waals surface area (Å²) >= 11 is 0. The normalized spacial score (nSPS) is 10.5. The second kappa shape index (κ2) is 6.64. The number of carbonyl (C=O) groups excluding carboxylic acids is 2. The first kappa shape index (κ1) is 16.7. The van der Waals surface area contributed by atoms with E-state index in [9.17, 15) is 9.59 Å². The molecule has 0 atom stereocenters. The van der Waals surface area contributed by atoms with Gasteiger partial charge in [-0.25, -0.2) is 0 Å². The smallest absolute Gasteiger partial charge is 0.273 e. The number of hydrogen-bond donors (Lipinski definition) is 1. The molecule has 0 bridgehead atoms. The SMILES string of the molecule is CCc1cc(C(=O)Nc2ccc(C(=O)N(C)C)c(C)c2)n(C)n1. The van der Waals surface area contributed by atoms with Crippen molar-refractivity contribution >= 4 is 17.5 Å². The zero-order valence-electron chi connectivity index (χ0n) is 14.2. The zero-order valence-corrected chi connectivity index (χ0v) is 14.2. The van der Waals surface area contributed by atoms with Crippen LogP contribution in [0.5, 0.6) is 0 Å². The van der Waals surface area contributed by atoms with Crippen LogP contribution < -0.4 is 5.32 Å². The molecular formula is C17H22N4O2. The number of benzene rings is 1. The topological polar surface area (TPSA) is 67.2 Å². The number of nitrogens with zero attached hydrogens (tertiary/aromatic N) is 3. The fraction of sp³-hybridized carbons (Fsp3) is 0.353. The number of aromatic nitrogens is 2. The summed E-state index contributed by atoms with van der Waals surface area (Å²) in [5, 5.41) is 7.12. The third-order valence-electron chi connectivity index (χ3n) is 3.65. The van der Waals surface area contributed by atoms with Crippen LogP contribution in [-0.4, -0.2) is 40.6 Å². The number of rotatable bonds is 4. The van der Waals surface area contributed by atoms with Crippen molar-refractivity contribution in [3.8, 4) is 0 Å². The average molecular weight is 314 g/mol. The molecule has 0 aliphatic rings. The zero-order chi connectivity index (χ0) is 17.1. The van der Waals surface area contributed by atoms with Crippen LogP contribution in [0.25, 0.3) is 0 Å². The Morgan fingerprint density at radius 1 is 1.26 bits per heavy atom. The number of carbonyl (C=O) groups is 2. The monoisotopic (exact) mass is 314 g/mol. The summed E-state index contributed by atoms with van der Waals surface area (Å²) in [5.41, 5.74) is 3.48. The Morgan fingerprint density at radius 2 is 1.96 bits per heavy atom. The van der Waals surface area contributed by atoms with Crippen LogP contribution in [0.2, 0.25) is 0 Å². The van der Waals surface area contributed by atoms with Crippen molar-refractivity contribution in [1.82, 2.24) is 14.7 Å². The number of amides is 2. The Bertz CT molecular complexity index is 747. The first-order valence-electron chi connectivity index (χ1n) is 7.50. The second-order valence-electron chi connectivity index (χ2n) is 5.68. The fourth-order valence-electron chi connectivity index (χ4n) is 2.33. The molecule has 6 heteroatoms. The third-order valence-corrected chi connectivity index (χ3v) is 3.65. The minimum absolute atomic E-state index is 0.0559. The molecule has 0 aliphatic carbocycles. The minimum atomic E-state index is -0.217. The lowest BCUT2D eigenvalue weighted by atomic mass is 10.1. The van der Waals surface area contributed by atoms with Crippen LogP contribution in [-0.2, 0) is 13.5 Å². The second-order valence-corrected chi connectivity index (χ2v) is 5.68.